The van der Waals surface area contributed by atoms with Gasteiger partial charge in [-0.15, -0.1) is 0 Å². The number of carbonyl (C=O) groups is 1. The van der Waals surface area contributed by atoms with Crippen molar-refractivity contribution in [2.24, 2.45) is 0 Å². The topological polar surface area (TPSA) is 98.7 Å². The molecule has 8 bridgehead atoms. The Morgan fingerprint density at radius 1 is 0.595 bits per heavy atom. The van der Waals surface area contributed by atoms with E-state index in [9.17, 15) is 4.79 Å². The summed E-state index contributed by atoms with van der Waals surface area (Å²) in [5.41, 5.74) is 7.86. The molecular weight excluding hydrogens is 524 g/mol. The van der Waals surface area contributed by atoms with Crippen molar-refractivity contribution in [1.82, 2.24) is 19.9 Å². The van der Waals surface area contributed by atoms with Crippen LogP contribution in [-0.4, -0.2) is 40.1 Å². The number of hydrogen-bond acceptors (Lipinski definition) is 3. The Balaban J connectivity index is 1.56. The summed E-state index contributed by atoms with van der Waals surface area (Å²) in [5, 5.41) is 3.73. The molecule has 0 saturated carbocycles. The number of H-pyrrole nitrogens is 4. The highest BCUT2D eigenvalue weighted by Crippen LogP contribution is 2.28. The van der Waals surface area contributed by atoms with Gasteiger partial charge < -0.3 is 29.4 Å². The Bertz CT molecular complexity index is 2190. The highest BCUT2D eigenvalue weighted by atomic mass is 16.5. The predicted molar refractivity (Wildman–Crippen MR) is 163 cm³/mol. The standard InChI is InChI=1S/C35H28N4O3/c1-41-26-13-7-21(8-14-26)33-29-15-11-24(37-29)19-22-9-10-23(36-22)20-25-12-16-31(38-25)34(32-18-17-30(33)39-32)27-5-3-4-6-28(27)35(40)42-2/h3-20,36-39H,1-2H3. The number of nitrogens with one attached hydrogen (secondary N) is 4. The van der Waals surface area contributed by atoms with E-state index in [0.29, 0.717) is 5.56 Å². The summed E-state index contributed by atoms with van der Waals surface area (Å²) in [6.07, 6.45) is 4.15. The lowest BCUT2D eigenvalue weighted by Gasteiger charge is -2.12. The van der Waals surface area contributed by atoms with Gasteiger partial charge in [-0.3, -0.25) is 0 Å². The second-order valence-electron chi connectivity index (χ2n) is 10.1. The summed E-state index contributed by atoms with van der Waals surface area (Å²) >= 11 is 0. The molecule has 0 radical (unpaired) electrons. The van der Waals surface area contributed by atoms with Crippen LogP contribution in [0.3, 0.4) is 0 Å². The van der Waals surface area contributed by atoms with E-state index in [1.54, 1.807) is 13.2 Å². The van der Waals surface area contributed by atoms with E-state index >= 15 is 0 Å². The number of aromatic amines is 4. The zero-order valence-corrected chi connectivity index (χ0v) is 23.1. The molecule has 7 rings (SSSR count). The largest absolute Gasteiger partial charge is 0.497 e. The van der Waals surface area contributed by atoms with E-state index in [4.69, 9.17) is 9.47 Å². The minimum absolute atomic E-state index is 0.394. The third kappa shape index (κ3) is 4.57. The summed E-state index contributed by atoms with van der Waals surface area (Å²) in [4.78, 5) is 27.2. The van der Waals surface area contributed by atoms with Gasteiger partial charge in [0.05, 0.1) is 19.8 Å². The second kappa shape index (κ2) is 10.4. The zero-order valence-electron chi connectivity index (χ0n) is 23.1. The van der Waals surface area contributed by atoms with Crippen molar-refractivity contribution in [2.75, 3.05) is 14.2 Å². The van der Waals surface area contributed by atoms with E-state index in [1.165, 1.54) is 7.11 Å². The van der Waals surface area contributed by atoms with Crippen molar-refractivity contribution in [2.45, 2.75) is 0 Å². The van der Waals surface area contributed by atoms with Crippen molar-refractivity contribution < 1.29 is 14.3 Å². The summed E-state index contributed by atoms with van der Waals surface area (Å²) in [5.74, 6) is 0.395. The number of methoxy groups -OCH3 is 2. The number of aromatic nitrogens is 4. The highest BCUT2D eigenvalue weighted by molar-refractivity contribution is 5.97. The molecule has 0 unspecified atom stereocenters. The van der Waals surface area contributed by atoms with E-state index in [1.807, 2.05) is 42.5 Å². The van der Waals surface area contributed by atoms with Gasteiger partial charge in [0.1, 0.15) is 5.75 Å². The molecule has 0 saturated heterocycles. The van der Waals surface area contributed by atoms with E-state index in [-0.39, 0.29) is 0 Å². The number of fused-ring (bicyclic) bond motifs is 8. The molecule has 7 heteroatoms. The molecule has 6 aromatic rings. The third-order valence-electron chi connectivity index (χ3n) is 7.51. The van der Waals surface area contributed by atoms with Gasteiger partial charge in [-0.1, -0.05) is 30.3 Å². The first kappa shape index (κ1) is 25.3. The Labute approximate surface area is 241 Å². The Morgan fingerprint density at radius 2 is 1.21 bits per heavy atom. The second-order valence-corrected chi connectivity index (χ2v) is 10.1. The Kier molecular flexibility index (Phi) is 6.24. The quantitative estimate of drug-likeness (QED) is 0.252. The molecule has 1 aliphatic heterocycles. The van der Waals surface area contributed by atoms with Gasteiger partial charge in [0.15, 0.2) is 0 Å². The van der Waals surface area contributed by atoms with Crippen LogP contribution >= 0.6 is 0 Å². The maximum atomic E-state index is 12.9. The SMILES string of the molecule is COC(=O)c1ccccc1C1=c2ccc([nH]2)=Cc2ccc([nH]2)C=c2ccc([nH]2)=C(c2ccc(OC)cc2)c2ccc1[nH]2. The first-order valence-electron chi connectivity index (χ1n) is 13.6. The van der Waals surface area contributed by atoms with Gasteiger partial charge in [-0.25, -0.2) is 4.79 Å². The Hall–Kier alpha value is -5.69. The average molecular weight is 553 g/mol. The zero-order chi connectivity index (χ0) is 28.6. The van der Waals surface area contributed by atoms with Gasteiger partial charge in [0.25, 0.3) is 0 Å². The number of carbonyl (C=O) groups excluding carboxylic acids is 1. The lowest BCUT2D eigenvalue weighted by molar-refractivity contribution is 0.0600. The first-order chi connectivity index (χ1) is 20.6. The van der Waals surface area contributed by atoms with Crippen molar-refractivity contribution >= 4 is 29.3 Å². The molecule has 0 spiro atoms. The monoisotopic (exact) mass is 552 g/mol. The van der Waals surface area contributed by atoms with Crippen LogP contribution in [0.15, 0.2) is 97.1 Å². The molecule has 206 valence electrons. The molecular formula is C35H28N4O3. The number of esters is 1. The van der Waals surface area contributed by atoms with E-state index < -0.39 is 5.97 Å². The molecule has 4 N–H and O–H groups in total. The maximum absolute atomic E-state index is 12.9. The van der Waals surface area contributed by atoms with Crippen molar-refractivity contribution in [3.05, 3.63) is 158 Å². The van der Waals surface area contributed by atoms with Crippen LogP contribution in [0, 0.1) is 0 Å². The molecule has 4 aromatic heterocycles. The van der Waals surface area contributed by atoms with Crippen LogP contribution in [0.4, 0.5) is 0 Å². The van der Waals surface area contributed by atoms with Crippen LogP contribution in [0.1, 0.15) is 44.3 Å². The smallest absolute Gasteiger partial charge is 0.338 e. The van der Waals surface area contributed by atoms with Crippen LogP contribution in [0.5, 0.6) is 5.75 Å². The fraction of sp³-hybridized carbons (Fsp3) is 0.0571. The van der Waals surface area contributed by atoms with Crippen LogP contribution in [0.2, 0.25) is 0 Å². The number of ether oxygens (including phenoxy) is 2. The van der Waals surface area contributed by atoms with E-state index in [2.05, 4.69) is 80.6 Å². The fourth-order valence-electron chi connectivity index (χ4n) is 5.54. The molecule has 5 heterocycles. The summed E-state index contributed by atoms with van der Waals surface area (Å²) in [7, 11) is 3.07. The molecule has 0 amide bonds. The number of hydrogen-bond donors (Lipinski definition) is 4. The van der Waals surface area contributed by atoms with Crippen molar-refractivity contribution in [3.63, 3.8) is 0 Å². The van der Waals surface area contributed by atoms with Gasteiger partial charge >= 0.3 is 5.97 Å². The Morgan fingerprint density at radius 3 is 1.86 bits per heavy atom. The molecule has 2 aromatic carbocycles. The van der Waals surface area contributed by atoms with Crippen LogP contribution in [0.25, 0.3) is 23.3 Å². The molecule has 0 fully saturated rings. The van der Waals surface area contributed by atoms with Gasteiger partial charge in [-0.2, -0.15) is 0 Å². The van der Waals surface area contributed by atoms with Crippen LogP contribution < -0.4 is 26.1 Å². The number of benzene rings is 2. The summed E-state index contributed by atoms with van der Waals surface area (Å²) < 4.78 is 10.6. The summed E-state index contributed by atoms with van der Waals surface area (Å²) in [6.45, 7) is 0. The molecule has 1 aliphatic rings. The highest BCUT2D eigenvalue weighted by Gasteiger charge is 2.19. The third-order valence-corrected chi connectivity index (χ3v) is 7.51. The predicted octanol–water partition coefficient (Wildman–Crippen LogP) is 3.26. The van der Waals surface area contributed by atoms with Crippen molar-refractivity contribution in [1.29, 1.82) is 0 Å². The lowest BCUT2D eigenvalue weighted by Crippen LogP contribution is -2.17. The maximum Gasteiger partial charge on any atom is 0.338 e. The molecule has 7 nitrogen and oxygen atoms in total. The average Bonchev–Trinajstić information content (AvgIpc) is 3.84. The van der Waals surface area contributed by atoms with Crippen molar-refractivity contribution in [3.8, 4) is 5.75 Å². The van der Waals surface area contributed by atoms with Gasteiger partial charge in [0, 0.05) is 60.9 Å². The van der Waals surface area contributed by atoms with Gasteiger partial charge in [-0.05, 0) is 84.4 Å². The van der Waals surface area contributed by atoms with E-state index in [0.717, 1.165) is 72.2 Å². The first-order valence-corrected chi connectivity index (χ1v) is 13.6. The lowest BCUT2D eigenvalue weighted by atomic mass is 9.97. The summed E-state index contributed by atoms with van der Waals surface area (Å²) in [6, 6.07) is 32.0. The molecule has 0 aliphatic carbocycles. The number of rotatable bonds is 4. The molecule has 42 heavy (non-hydrogen) atoms. The minimum Gasteiger partial charge on any atom is -0.497 e. The fourth-order valence-corrected chi connectivity index (χ4v) is 5.54. The van der Waals surface area contributed by atoms with Crippen LogP contribution in [-0.2, 0) is 4.74 Å². The normalized spacial score (nSPS) is 12.4. The van der Waals surface area contributed by atoms with Gasteiger partial charge in [0.2, 0.25) is 0 Å². The minimum atomic E-state index is -0.394. The molecule has 0 atom stereocenters.